The third kappa shape index (κ3) is 12.4. The van der Waals surface area contributed by atoms with Crippen molar-refractivity contribution in [2.45, 2.75) is 74.6 Å². The number of nitrogens with one attached hydrogen (secondary N) is 1. The third-order valence-corrected chi connectivity index (χ3v) is 9.45. The van der Waals surface area contributed by atoms with Gasteiger partial charge < -0.3 is 30.6 Å². The van der Waals surface area contributed by atoms with Gasteiger partial charge in [0.1, 0.15) is 11.5 Å². The van der Waals surface area contributed by atoms with Crippen molar-refractivity contribution < 1.29 is 115 Å². The molecule has 3 rings (SSSR count). The van der Waals surface area contributed by atoms with Crippen molar-refractivity contribution in [3.05, 3.63) is 70.8 Å². The van der Waals surface area contributed by atoms with E-state index in [4.69, 9.17) is 0 Å². The fourth-order valence-corrected chi connectivity index (χ4v) is 6.25. The third-order valence-electron chi connectivity index (χ3n) is 7.79. The van der Waals surface area contributed by atoms with E-state index < -0.39 is 76.0 Å². The molecule has 0 fully saturated rings. The van der Waals surface area contributed by atoms with Crippen LogP contribution in [0.1, 0.15) is 90.1 Å². The second kappa shape index (κ2) is 20.0. The van der Waals surface area contributed by atoms with Gasteiger partial charge in [0, 0.05) is 42.9 Å². The van der Waals surface area contributed by atoms with Gasteiger partial charge in [0.25, 0.3) is 32.1 Å². The number of carbonyl (C=O) groups is 2. The van der Waals surface area contributed by atoms with E-state index in [2.05, 4.69) is 19.2 Å². The monoisotopic (exact) mass is 752 g/mol. The van der Waals surface area contributed by atoms with Crippen LogP contribution in [0.4, 0.5) is 0 Å². The van der Waals surface area contributed by atoms with Crippen LogP contribution >= 0.6 is 0 Å². The zero-order valence-corrected chi connectivity index (χ0v) is 34.0. The van der Waals surface area contributed by atoms with Crippen molar-refractivity contribution in [2.75, 3.05) is 13.1 Å². The number of unbranched alkanes of at least 4 members (excludes halogenated alkanes) is 2. The van der Waals surface area contributed by atoms with Crippen LogP contribution in [0.3, 0.4) is 0 Å². The Morgan fingerprint density at radius 2 is 1.32 bits per heavy atom. The number of carbonyl (C=O) groups excluding carboxylic acids is 2. The van der Waals surface area contributed by atoms with Crippen molar-refractivity contribution in [2.24, 2.45) is 0 Å². The smallest absolute Gasteiger partial charge is 0.869 e. The van der Waals surface area contributed by atoms with Gasteiger partial charge in [-0.3, -0.25) is 18.7 Å². The molecule has 0 saturated carbocycles. The van der Waals surface area contributed by atoms with E-state index in [1.807, 2.05) is 24.3 Å². The molecule has 262 valence electrons. The first-order valence-corrected chi connectivity index (χ1v) is 18.0. The molecule has 5 N–H and O–H groups in total. The largest absolute Gasteiger partial charge is 1.00 e. The van der Waals surface area contributed by atoms with Crippen LogP contribution in [0.15, 0.2) is 58.3 Å². The number of phenolic OH excluding ortho intramolecular Hbond substituents is 2. The summed E-state index contributed by atoms with van der Waals surface area (Å²) >= 11 is 0. The summed E-state index contributed by atoms with van der Waals surface area (Å²) in [6.07, 6.45) is 4.04. The van der Waals surface area contributed by atoms with Crippen LogP contribution in [-0.2, 0) is 26.8 Å². The Morgan fingerprint density at radius 1 is 0.800 bits per heavy atom. The summed E-state index contributed by atoms with van der Waals surface area (Å²) in [6.45, 7) is 4.30. The molecule has 0 saturated heterocycles. The Morgan fingerprint density at radius 3 is 1.82 bits per heavy atom. The molecule has 0 bridgehead atoms. The summed E-state index contributed by atoms with van der Waals surface area (Å²) in [5, 5.41) is 47.0. The van der Waals surface area contributed by atoms with Crippen LogP contribution in [0.25, 0.3) is 0 Å². The summed E-state index contributed by atoms with van der Waals surface area (Å²) in [6, 6.07) is 10.1. The van der Waals surface area contributed by atoms with Gasteiger partial charge in [-0.05, 0) is 61.3 Å². The van der Waals surface area contributed by atoms with Gasteiger partial charge in [-0.15, -0.1) is 0 Å². The van der Waals surface area contributed by atoms with Gasteiger partial charge in [0.15, 0.2) is 0 Å². The van der Waals surface area contributed by atoms with E-state index in [0.717, 1.165) is 30.4 Å². The number of nitrogens with zero attached hydrogens (tertiary/aromatic N) is 1. The van der Waals surface area contributed by atoms with Crippen LogP contribution < -0.4 is 74.6 Å². The van der Waals surface area contributed by atoms with Gasteiger partial charge in [0.2, 0.25) is 0 Å². The first-order chi connectivity index (χ1) is 22.5. The Bertz CT molecular complexity index is 1860. The summed E-state index contributed by atoms with van der Waals surface area (Å²) in [5.74, 6) is -5.77. The number of aromatic hydroxyl groups is 2. The maximum Gasteiger partial charge on any atom is 1.00 e. The molecule has 0 aliphatic carbocycles. The number of benzene rings is 3. The molecule has 0 aromatic heterocycles. The molecule has 3 aromatic rings. The van der Waals surface area contributed by atoms with E-state index in [0.29, 0.717) is 49.4 Å². The number of hydrogen-bond donors (Lipinski definition) is 5. The van der Waals surface area contributed by atoms with E-state index in [-0.39, 0.29) is 78.7 Å². The first-order valence-electron chi connectivity index (χ1n) is 15.2. The fraction of sp³-hybridized carbons (Fsp3) is 0.375. The Labute approximate surface area is 336 Å². The Balaban J connectivity index is 0.00000625. The summed E-state index contributed by atoms with van der Waals surface area (Å²) in [4.78, 5) is 25.8. The van der Waals surface area contributed by atoms with E-state index in [1.165, 1.54) is 4.90 Å². The van der Waals surface area contributed by atoms with Crippen LogP contribution in [-0.4, -0.2) is 66.0 Å². The van der Waals surface area contributed by atoms with Crippen LogP contribution in [0.2, 0.25) is 0 Å². The Hall–Kier alpha value is -2.38. The molecule has 0 radical (unpaired) electrons. The summed E-state index contributed by atoms with van der Waals surface area (Å²) in [5.41, 5.74) is 0.523. The molecular weight excluding hydrogens is 714 g/mol. The average molecular weight is 753 g/mol. The van der Waals surface area contributed by atoms with Crippen LogP contribution in [0, 0.1) is 0 Å². The van der Waals surface area contributed by atoms with Gasteiger partial charge in [-0.2, -0.15) is 16.8 Å². The zero-order chi connectivity index (χ0) is 35.8. The predicted molar refractivity (Wildman–Crippen MR) is 170 cm³/mol. The van der Waals surface area contributed by atoms with E-state index in [1.54, 1.807) is 0 Å². The Kier molecular flexibility index (Phi) is 18.3. The zero-order valence-electron chi connectivity index (χ0n) is 28.4. The van der Waals surface area contributed by atoms with E-state index >= 15 is 0 Å². The minimum atomic E-state index is -4.85. The molecule has 0 heterocycles. The molecule has 14 nitrogen and oxygen atoms in total. The number of hydrogen-bond acceptors (Lipinski definition) is 10. The maximum absolute atomic E-state index is 13.6. The van der Waals surface area contributed by atoms with Gasteiger partial charge in [-0.25, -0.2) is 0 Å². The molecule has 0 aliphatic rings. The average Bonchev–Trinajstić information content (AvgIpc) is 3.02. The first kappa shape index (κ1) is 45.6. The van der Waals surface area contributed by atoms with Gasteiger partial charge in [-0.1, -0.05) is 56.0 Å². The van der Waals surface area contributed by atoms with Crippen molar-refractivity contribution in [1.82, 2.24) is 10.2 Å². The van der Waals surface area contributed by atoms with Crippen molar-refractivity contribution in [3.8, 4) is 23.0 Å². The molecule has 1 unspecified atom stereocenters. The molecule has 50 heavy (non-hydrogen) atoms. The molecule has 18 heteroatoms. The quantitative estimate of drug-likeness (QED) is 0.0570. The second-order valence-electron chi connectivity index (χ2n) is 11.3. The molecule has 1 atom stereocenters. The SMILES string of the molecule is CCCC(CC)c1ccc(CN(CCCCCNC(=O)c2cc(S(=O)(=O)O)cc(O)c2[O-])C(=O)c2cc(S(=O)(=O)O)cc(O)c2[O-])cc1.[Na+].[Na+]. The number of amides is 2. The standard InChI is InChI=1S/C32H40N2O12S2.2Na/c1-3-8-21(4-2)22-11-9-20(10-12-22)19-34(32(40)26-16-24(48(44,45)46)18-28(36)30(26)38)14-7-5-6-13-33-31(39)25-15-23(47(41,42)43)17-27(35)29(25)37;;/h9-12,15-18,21,35-38H,3-8,13-14,19H2,1-2H3,(H,33,39)(H,41,42,43)(H,44,45,46);;/q;2*+1/p-2. The van der Waals surface area contributed by atoms with Gasteiger partial charge >= 0.3 is 59.1 Å². The van der Waals surface area contributed by atoms with Crippen molar-refractivity contribution in [3.63, 3.8) is 0 Å². The second-order valence-corrected chi connectivity index (χ2v) is 14.1. The van der Waals surface area contributed by atoms with Gasteiger partial charge in [0.05, 0.1) is 9.79 Å². The maximum atomic E-state index is 13.6. The van der Waals surface area contributed by atoms with E-state index in [9.17, 15) is 56.0 Å². The molecular formula is C32H38N2Na2O12S2. The van der Waals surface area contributed by atoms with Crippen LogP contribution in [0.5, 0.6) is 23.0 Å². The predicted octanol–water partition coefficient (Wildman–Crippen LogP) is -2.72. The molecule has 0 aliphatic heterocycles. The topological polar surface area (TPSA) is 245 Å². The summed E-state index contributed by atoms with van der Waals surface area (Å²) < 4.78 is 64.9. The van der Waals surface area contributed by atoms with Crippen molar-refractivity contribution >= 4 is 32.1 Å². The minimum absolute atomic E-state index is 0. The molecule has 3 aromatic carbocycles. The molecule has 2 amide bonds. The minimum Gasteiger partial charge on any atom is -0.869 e. The van der Waals surface area contributed by atoms with Crippen molar-refractivity contribution in [1.29, 1.82) is 0 Å². The fourth-order valence-electron chi connectivity index (χ4n) is 5.20. The normalized spacial score (nSPS) is 11.9. The summed E-state index contributed by atoms with van der Waals surface area (Å²) in [7, 11) is -9.65. The molecule has 0 spiro atoms. The number of phenols is 2. The number of rotatable bonds is 16.